The third kappa shape index (κ3) is 5.30. The largest absolute Gasteiger partial charge is 0.490 e. The van der Waals surface area contributed by atoms with E-state index in [1.807, 2.05) is 0 Å². The van der Waals surface area contributed by atoms with E-state index < -0.39 is 17.8 Å². The van der Waals surface area contributed by atoms with Gasteiger partial charge in [0.1, 0.15) is 24.3 Å². The lowest BCUT2D eigenvalue weighted by molar-refractivity contribution is -0.139. The van der Waals surface area contributed by atoms with Crippen molar-refractivity contribution in [1.29, 1.82) is 0 Å². The molecule has 0 radical (unpaired) electrons. The Kier molecular flexibility index (Phi) is 6.12. The molecule has 0 aliphatic carbocycles. The molecule has 9 heteroatoms. The molecule has 27 heavy (non-hydrogen) atoms. The molecule has 1 N–H and O–H groups in total. The fraction of sp³-hybridized carbons (Fsp3) is 0.444. The summed E-state index contributed by atoms with van der Waals surface area (Å²) >= 11 is 0. The van der Waals surface area contributed by atoms with Gasteiger partial charge in [0.05, 0.1) is 11.8 Å². The minimum Gasteiger partial charge on any atom is -0.490 e. The zero-order valence-electron chi connectivity index (χ0n) is 14.6. The topological polar surface area (TPSA) is 61.7 Å². The van der Waals surface area contributed by atoms with Crippen LogP contribution in [-0.4, -0.2) is 65.4 Å². The predicted molar refractivity (Wildman–Crippen MR) is 93.6 cm³/mol. The molecule has 0 amide bonds. The lowest BCUT2D eigenvalue weighted by Gasteiger charge is -2.36. The summed E-state index contributed by atoms with van der Waals surface area (Å²) in [4.78, 5) is 12.5. The first-order valence-electron chi connectivity index (χ1n) is 8.64. The summed E-state index contributed by atoms with van der Waals surface area (Å²) < 4.78 is 44.1. The molecule has 6 nitrogen and oxygen atoms in total. The summed E-state index contributed by atoms with van der Waals surface area (Å²) in [6, 6.07) is 5.01. The summed E-state index contributed by atoms with van der Waals surface area (Å²) in [5, 5.41) is 10.2. The van der Waals surface area contributed by atoms with Crippen LogP contribution in [0.15, 0.2) is 42.9 Å². The Hall–Kier alpha value is -2.39. The average Bonchev–Trinajstić information content (AvgIpc) is 2.67. The zero-order valence-corrected chi connectivity index (χ0v) is 14.6. The summed E-state index contributed by atoms with van der Waals surface area (Å²) in [5.74, 6) is 0.543. The first-order valence-corrected chi connectivity index (χ1v) is 8.64. The van der Waals surface area contributed by atoms with Crippen molar-refractivity contribution in [1.82, 2.24) is 14.9 Å². The Bertz CT molecular complexity index is 722. The standard InChI is InChI=1S/C18H21F3N4O2/c19-18(20,21)15-3-1-2-4-16(15)27-13-14(26)12-24-7-9-25(10-8-24)17-11-22-5-6-23-17/h1-6,11,14,26H,7-10,12-13H2. The van der Waals surface area contributed by atoms with E-state index in [1.54, 1.807) is 18.6 Å². The Labute approximate surface area is 155 Å². The number of hydrogen-bond donors (Lipinski definition) is 1. The second-order valence-electron chi connectivity index (χ2n) is 6.31. The number of ether oxygens (including phenoxy) is 1. The van der Waals surface area contributed by atoms with Crippen LogP contribution in [0.3, 0.4) is 0 Å². The smallest absolute Gasteiger partial charge is 0.419 e. The molecule has 0 bridgehead atoms. The van der Waals surface area contributed by atoms with Gasteiger partial charge in [-0.3, -0.25) is 9.88 Å². The van der Waals surface area contributed by atoms with Gasteiger partial charge >= 0.3 is 6.18 Å². The van der Waals surface area contributed by atoms with Crippen molar-refractivity contribution in [3.05, 3.63) is 48.4 Å². The van der Waals surface area contributed by atoms with Crippen molar-refractivity contribution in [3.8, 4) is 5.75 Å². The number of aliphatic hydroxyl groups is 1. The molecule has 1 saturated heterocycles. The van der Waals surface area contributed by atoms with Crippen LogP contribution < -0.4 is 9.64 Å². The summed E-state index contributed by atoms with van der Waals surface area (Å²) in [7, 11) is 0. The monoisotopic (exact) mass is 382 g/mol. The first-order chi connectivity index (χ1) is 12.9. The van der Waals surface area contributed by atoms with Gasteiger partial charge in [-0.2, -0.15) is 13.2 Å². The Morgan fingerprint density at radius 1 is 1.11 bits per heavy atom. The number of benzene rings is 1. The Morgan fingerprint density at radius 3 is 2.52 bits per heavy atom. The Balaban J connectivity index is 1.46. The van der Waals surface area contributed by atoms with E-state index in [1.165, 1.54) is 18.2 Å². The number of β-amino-alcohol motifs (C(OH)–C–C–N with tert-alkyl or cyclic N) is 1. The van der Waals surface area contributed by atoms with Crippen molar-refractivity contribution < 1.29 is 23.0 Å². The van der Waals surface area contributed by atoms with Crippen LogP contribution in [0.5, 0.6) is 5.75 Å². The quantitative estimate of drug-likeness (QED) is 0.825. The first kappa shape index (κ1) is 19.4. The molecule has 2 heterocycles. The maximum absolute atomic E-state index is 13.0. The van der Waals surface area contributed by atoms with Crippen LogP contribution in [0, 0.1) is 0 Å². The second kappa shape index (κ2) is 8.53. The third-order valence-corrected chi connectivity index (χ3v) is 4.34. The molecule has 1 aromatic carbocycles. The maximum atomic E-state index is 13.0. The molecule has 1 aromatic heterocycles. The minimum absolute atomic E-state index is 0.197. The SMILES string of the molecule is OC(COc1ccccc1C(F)(F)F)CN1CCN(c2cnccn2)CC1. The molecule has 1 unspecified atom stereocenters. The lowest BCUT2D eigenvalue weighted by Crippen LogP contribution is -2.49. The predicted octanol–water partition coefficient (Wildman–Crippen LogP) is 2.06. The highest BCUT2D eigenvalue weighted by Crippen LogP contribution is 2.35. The zero-order chi connectivity index (χ0) is 19.3. The van der Waals surface area contributed by atoms with E-state index in [2.05, 4.69) is 19.8 Å². The number of aliphatic hydroxyl groups excluding tert-OH is 1. The minimum atomic E-state index is -4.49. The third-order valence-electron chi connectivity index (χ3n) is 4.34. The number of aromatic nitrogens is 2. The van der Waals surface area contributed by atoms with E-state index in [9.17, 15) is 18.3 Å². The number of hydrogen-bond acceptors (Lipinski definition) is 6. The van der Waals surface area contributed by atoms with E-state index in [0.717, 1.165) is 25.0 Å². The van der Waals surface area contributed by atoms with Gasteiger partial charge in [0.15, 0.2) is 0 Å². The van der Waals surface area contributed by atoms with E-state index in [0.29, 0.717) is 19.6 Å². The molecule has 2 aromatic rings. The van der Waals surface area contributed by atoms with Crippen LogP contribution in [0.2, 0.25) is 0 Å². The van der Waals surface area contributed by atoms with Gasteiger partial charge in [0.2, 0.25) is 0 Å². The van der Waals surface area contributed by atoms with Crippen molar-refractivity contribution in [2.45, 2.75) is 12.3 Å². The van der Waals surface area contributed by atoms with Crippen LogP contribution in [-0.2, 0) is 6.18 Å². The van der Waals surface area contributed by atoms with E-state index in [4.69, 9.17) is 4.74 Å². The summed E-state index contributed by atoms with van der Waals surface area (Å²) in [5.41, 5.74) is -0.838. The van der Waals surface area contributed by atoms with Crippen LogP contribution >= 0.6 is 0 Å². The highest BCUT2D eigenvalue weighted by molar-refractivity contribution is 5.36. The molecule has 3 rings (SSSR count). The highest BCUT2D eigenvalue weighted by Gasteiger charge is 2.34. The highest BCUT2D eigenvalue weighted by atomic mass is 19.4. The molecule has 1 aliphatic rings. The molecule has 1 atom stereocenters. The van der Waals surface area contributed by atoms with Gasteiger partial charge in [0, 0.05) is 45.1 Å². The van der Waals surface area contributed by atoms with Crippen molar-refractivity contribution >= 4 is 5.82 Å². The van der Waals surface area contributed by atoms with E-state index in [-0.39, 0.29) is 12.4 Å². The van der Waals surface area contributed by atoms with Gasteiger partial charge in [-0.25, -0.2) is 4.98 Å². The number of anilines is 1. The van der Waals surface area contributed by atoms with Crippen molar-refractivity contribution in [2.75, 3.05) is 44.2 Å². The Morgan fingerprint density at radius 2 is 1.85 bits per heavy atom. The second-order valence-corrected chi connectivity index (χ2v) is 6.31. The van der Waals surface area contributed by atoms with Crippen LogP contribution in [0.25, 0.3) is 0 Å². The molecular weight excluding hydrogens is 361 g/mol. The normalized spacial score (nSPS) is 17.0. The van der Waals surface area contributed by atoms with Gasteiger partial charge < -0.3 is 14.7 Å². The summed E-state index contributed by atoms with van der Waals surface area (Å²) in [6.07, 6.45) is -0.405. The number of piperazine rings is 1. The van der Waals surface area contributed by atoms with Crippen molar-refractivity contribution in [3.63, 3.8) is 0 Å². The summed E-state index contributed by atoms with van der Waals surface area (Å²) in [6.45, 7) is 3.05. The van der Waals surface area contributed by atoms with Crippen molar-refractivity contribution in [2.24, 2.45) is 0 Å². The van der Waals surface area contributed by atoms with Crippen LogP contribution in [0.4, 0.5) is 19.0 Å². The van der Waals surface area contributed by atoms with Gasteiger partial charge in [0.25, 0.3) is 0 Å². The fourth-order valence-corrected chi connectivity index (χ4v) is 2.98. The molecule has 146 valence electrons. The van der Waals surface area contributed by atoms with Gasteiger partial charge in [-0.15, -0.1) is 0 Å². The number of alkyl halides is 3. The number of rotatable bonds is 6. The number of halogens is 3. The van der Waals surface area contributed by atoms with Gasteiger partial charge in [-0.1, -0.05) is 12.1 Å². The molecule has 1 aliphatic heterocycles. The molecule has 0 spiro atoms. The average molecular weight is 382 g/mol. The fourth-order valence-electron chi connectivity index (χ4n) is 2.98. The molecule has 0 saturated carbocycles. The van der Waals surface area contributed by atoms with E-state index >= 15 is 0 Å². The number of para-hydroxylation sites is 1. The lowest BCUT2D eigenvalue weighted by atomic mass is 10.2. The molecule has 1 fully saturated rings. The number of nitrogens with zero attached hydrogens (tertiary/aromatic N) is 4. The molecular formula is C18H21F3N4O2. The van der Waals surface area contributed by atoms with Crippen LogP contribution in [0.1, 0.15) is 5.56 Å². The maximum Gasteiger partial charge on any atom is 0.419 e. The van der Waals surface area contributed by atoms with Gasteiger partial charge in [-0.05, 0) is 12.1 Å².